The van der Waals surface area contributed by atoms with Crippen molar-refractivity contribution in [1.29, 1.82) is 0 Å². The third-order valence-electron chi connectivity index (χ3n) is 4.34. The van der Waals surface area contributed by atoms with Crippen molar-refractivity contribution < 1.29 is 4.79 Å². The number of guanidine groups is 1. The molecule has 0 bridgehead atoms. The van der Waals surface area contributed by atoms with E-state index in [4.69, 9.17) is 0 Å². The van der Waals surface area contributed by atoms with E-state index in [1.54, 1.807) is 7.05 Å². The number of benzene rings is 1. The molecular weight excluding hydrogens is 302 g/mol. The average Bonchev–Trinajstić information content (AvgIpc) is 3.02. The first-order valence-electron chi connectivity index (χ1n) is 8.67. The van der Waals surface area contributed by atoms with Crippen molar-refractivity contribution in [2.75, 3.05) is 32.0 Å². The SMILES string of the molecule is CCN1CCCC1CNC(=NC)NCc1cccc(NC(C)=O)c1. The molecule has 1 atom stereocenters. The van der Waals surface area contributed by atoms with Gasteiger partial charge in [0.05, 0.1) is 0 Å². The van der Waals surface area contributed by atoms with Gasteiger partial charge in [0.25, 0.3) is 0 Å². The fraction of sp³-hybridized carbons (Fsp3) is 0.556. The number of nitrogens with zero attached hydrogens (tertiary/aromatic N) is 2. The Bertz CT molecular complexity index is 572. The van der Waals surface area contributed by atoms with Gasteiger partial charge in [0.15, 0.2) is 5.96 Å². The number of rotatable bonds is 6. The van der Waals surface area contributed by atoms with Crippen LogP contribution in [0.2, 0.25) is 0 Å². The van der Waals surface area contributed by atoms with E-state index in [0.717, 1.165) is 30.3 Å². The van der Waals surface area contributed by atoms with Gasteiger partial charge in [-0.1, -0.05) is 19.1 Å². The minimum absolute atomic E-state index is 0.0605. The van der Waals surface area contributed by atoms with E-state index in [0.29, 0.717) is 12.6 Å². The molecule has 1 aromatic rings. The smallest absolute Gasteiger partial charge is 0.221 e. The molecule has 1 saturated heterocycles. The summed E-state index contributed by atoms with van der Waals surface area (Å²) in [5.74, 6) is 0.748. The number of hydrogen-bond donors (Lipinski definition) is 3. The van der Waals surface area contributed by atoms with E-state index in [9.17, 15) is 4.79 Å². The second-order valence-electron chi connectivity index (χ2n) is 6.11. The number of hydrogen-bond acceptors (Lipinski definition) is 3. The molecule has 0 aliphatic carbocycles. The highest BCUT2D eigenvalue weighted by Crippen LogP contribution is 2.15. The summed E-state index contributed by atoms with van der Waals surface area (Å²) in [6.07, 6.45) is 2.53. The summed E-state index contributed by atoms with van der Waals surface area (Å²) >= 11 is 0. The lowest BCUT2D eigenvalue weighted by molar-refractivity contribution is -0.114. The van der Waals surface area contributed by atoms with E-state index < -0.39 is 0 Å². The second kappa shape index (κ2) is 9.27. The second-order valence-corrected chi connectivity index (χ2v) is 6.11. The van der Waals surface area contributed by atoms with Crippen LogP contribution in [0.5, 0.6) is 0 Å². The number of anilines is 1. The lowest BCUT2D eigenvalue weighted by atomic mass is 10.2. The summed E-state index contributed by atoms with van der Waals surface area (Å²) in [6, 6.07) is 8.42. The van der Waals surface area contributed by atoms with Crippen molar-refractivity contribution in [2.24, 2.45) is 4.99 Å². The zero-order valence-electron chi connectivity index (χ0n) is 14.9. The predicted octanol–water partition coefficient (Wildman–Crippen LogP) is 1.79. The highest BCUT2D eigenvalue weighted by molar-refractivity contribution is 5.88. The van der Waals surface area contributed by atoms with Gasteiger partial charge < -0.3 is 16.0 Å². The molecule has 6 nitrogen and oxygen atoms in total. The summed E-state index contributed by atoms with van der Waals surface area (Å²) < 4.78 is 0. The average molecular weight is 331 g/mol. The van der Waals surface area contributed by atoms with Crippen molar-refractivity contribution in [3.05, 3.63) is 29.8 Å². The number of aliphatic imine (C=N–C) groups is 1. The van der Waals surface area contributed by atoms with E-state index in [1.165, 1.54) is 26.3 Å². The Hall–Kier alpha value is -2.08. The van der Waals surface area contributed by atoms with Crippen molar-refractivity contribution in [3.8, 4) is 0 Å². The van der Waals surface area contributed by atoms with Gasteiger partial charge in [0.2, 0.25) is 5.91 Å². The summed E-state index contributed by atoms with van der Waals surface area (Å²) in [4.78, 5) is 17.9. The fourth-order valence-electron chi connectivity index (χ4n) is 3.13. The maximum absolute atomic E-state index is 11.1. The maximum atomic E-state index is 11.1. The molecule has 1 heterocycles. The van der Waals surface area contributed by atoms with Gasteiger partial charge in [-0.3, -0.25) is 14.7 Å². The van der Waals surface area contributed by atoms with Crippen LogP contribution in [0.15, 0.2) is 29.3 Å². The highest BCUT2D eigenvalue weighted by atomic mass is 16.1. The van der Waals surface area contributed by atoms with Crippen LogP contribution in [-0.2, 0) is 11.3 Å². The summed E-state index contributed by atoms with van der Waals surface area (Å²) in [6.45, 7) is 7.61. The Labute approximate surface area is 144 Å². The fourth-order valence-corrected chi connectivity index (χ4v) is 3.13. The topological polar surface area (TPSA) is 68.8 Å². The monoisotopic (exact) mass is 331 g/mol. The molecule has 1 unspecified atom stereocenters. The Kier molecular flexibility index (Phi) is 7.06. The molecule has 3 N–H and O–H groups in total. The lowest BCUT2D eigenvalue weighted by Crippen LogP contribution is -2.44. The Morgan fingerprint density at radius 2 is 2.21 bits per heavy atom. The van der Waals surface area contributed by atoms with Gasteiger partial charge in [-0.2, -0.15) is 0 Å². The van der Waals surface area contributed by atoms with Crippen molar-refractivity contribution in [2.45, 2.75) is 39.3 Å². The third kappa shape index (κ3) is 5.53. The quantitative estimate of drug-likeness (QED) is 0.549. The van der Waals surface area contributed by atoms with E-state index >= 15 is 0 Å². The normalized spacial score (nSPS) is 18.5. The predicted molar refractivity (Wildman–Crippen MR) is 99.2 cm³/mol. The molecule has 1 aliphatic rings. The van der Waals surface area contributed by atoms with Crippen LogP contribution in [0.25, 0.3) is 0 Å². The molecule has 0 radical (unpaired) electrons. The van der Waals surface area contributed by atoms with Gasteiger partial charge in [0.1, 0.15) is 0 Å². The molecular formula is C18H29N5O. The Balaban J connectivity index is 1.82. The molecule has 0 spiro atoms. The van der Waals surface area contributed by atoms with Crippen LogP contribution >= 0.6 is 0 Å². The number of amides is 1. The minimum Gasteiger partial charge on any atom is -0.355 e. The Morgan fingerprint density at radius 1 is 1.38 bits per heavy atom. The van der Waals surface area contributed by atoms with Gasteiger partial charge in [-0.05, 0) is 43.6 Å². The molecule has 1 aliphatic heterocycles. The van der Waals surface area contributed by atoms with E-state index in [2.05, 4.69) is 32.8 Å². The first-order valence-corrected chi connectivity index (χ1v) is 8.67. The zero-order chi connectivity index (χ0) is 17.4. The Morgan fingerprint density at radius 3 is 2.92 bits per heavy atom. The van der Waals surface area contributed by atoms with Crippen LogP contribution < -0.4 is 16.0 Å². The molecule has 0 aromatic heterocycles. The third-order valence-corrected chi connectivity index (χ3v) is 4.34. The van der Waals surface area contributed by atoms with Gasteiger partial charge in [0, 0.05) is 38.8 Å². The van der Waals surface area contributed by atoms with Crippen molar-refractivity contribution >= 4 is 17.6 Å². The highest BCUT2D eigenvalue weighted by Gasteiger charge is 2.22. The van der Waals surface area contributed by atoms with Crippen molar-refractivity contribution in [1.82, 2.24) is 15.5 Å². The van der Waals surface area contributed by atoms with Crippen LogP contribution in [0.1, 0.15) is 32.3 Å². The van der Waals surface area contributed by atoms with Crippen molar-refractivity contribution in [3.63, 3.8) is 0 Å². The molecule has 0 saturated carbocycles. The molecule has 24 heavy (non-hydrogen) atoms. The molecule has 1 amide bonds. The standard InChI is InChI=1S/C18H29N5O/c1-4-23-10-6-9-17(23)13-21-18(19-3)20-12-15-7-5-8-16(11-15)22-14(2)24/h5,7-8,11,17H,4,6,9-10,12-13H2,1-3H3,(H,22,24)(H2,19,20,21). The van der Waals surface area contributed by atoms with Crippen LogP contribution in [0.3, 0.4) is 0 Å². The zero-order valence-corrected chi connectivity index (χ0v) is 14.9. The molecule has 1 aromatic carbocycles. The summed E-state index contributed by atoms with van der Waals surface area (Å²) in [5.41, 5.74) is 1.91. The van der Waals surface area contributed by atoms with Gasteiger partial charge in [-0.15, -0.1) is 0 Å². The molecule has 132 valence electrons. The molecule has 1 fully saturated rings. The van der Waals surface area contributed by atoms with Crippen LogP contribution in [0.4, 0.5) is 5.69 Å². The lowest BCUT2D eigenvalue weighted by Gasteiger charge is -2.24. The number of likely N-dealkylation sites (tertiary alicyclic amines) is 1. The first kappa shape index (κ1) is 18.3. The van der Waals surface area contributed by atoms with Gasteiger partial charge >= 0.3 is 0 Å². The number of carbonyl (C=O) groups excluding carboxylic acids is 1. The number of likely N-dealkylation sites (N-methyl/N-ethyl adjacent to an activating group) is 1. The number of nitrogens with one attached hydrogen (secondary N) is 3. The molecule has 6 heteroatoms. The first-order chi connectivity index (χ1) is 11.6. The van der Waals surface area contributed by atoms with Crippen LogP contribution in [0, 0.1) is 0 Å². The van der Waals surface area contributed by atoms with E-state index in [1.807, 2.05) is 24.3 Å². The van der Waals surface area contributed by atoms with Gasteiger partial charge in [-0.25, -0.2) is 0 Å². The van der Waals surface area contributed by atoms with Crippen LogP contribution in [-0.4, -0.2) is 49.5 Å². The van der Waals surface area contributed by atoms with E-state index in [-0.39, 0.29) is 5.91 Å². The summed E-state index contributed by atoms with van der Waals surface area (Å²) in [7, 11) is 1.79. The summed E-state index contributed by atoms with van der Waals surface area (Å²) in [5, 5.41) is 9.55. The maximum Gasteiger partial charge on any atom is 0.221 e. The minimum atomic E-state index is -0.0605. The largest absolute Gasteiger partial charge is 0.355 e. The molecule has 2 rings (SSSR count). The number of carbonyl (C=O) groups is 1.